The first-order valence-electron chi connectivity index (χ1n) is 8.80. The molecule has 1 aromatic carbocycles. The van der Waals surface area contributed by atoms with Crippen LogP contribution in [0.2, 0.25) is 10.0 Å². The number of carbonyl (C=O) groups is 1. The van der Waals surface area contributed by atoms with Gasteiger partial charge in [-0.3, -0.25) is 14.4 Å². The van der Waals surface area contributed by atoms with Gasteiger partial charge in [0.2, 0.25) is 5.91 Å². The number of halogens is 6. The minimum Gasteiger partial charge on any atom is -0.339 e. The van der Waals surface area contributed by atoms with Crippen LogP contribution in [0.1, 0.15) is 17.0 Å². The van der Waals surface area contributed by atoms with Crippen LogP contribution in [0, 0.1) is 6.92 Å². The Morgan fingerprint density at radius 1 is 1.17 bits per heavy atom. The van der Waals surface area contributed by atoms with Crippen LogP contribution in [0.4, 0.5) is 13.2 Å². The lowest BCUT2D eigenvalue weighted by atomic mass is 10.2. The van der Waals surface area contributed by atoms with Crippen LogP contribution in [-0.2, 0) is 24.1 Å². The molecule has 0 bridgehead atoms. The molecule has 2 aromatic rings. The number of benzene rings is 1. The van der Waals surface area contributed by atoms with Gasteiger partial charge in [0, 0.05) is 32.7 Å². The summed E-state index contributed by atoms with van der Waals surface area (Å²) in [6.45, 7) is 4.24. The average Bonchev–Trinajstić information content (AvgIpc) is 2.94. The number of amides is 1. The van der Waals surface area contributed by atoms with Gasteiger partial charge in [-0.1, -0.05) is 29.3 Å². The monoisotopic (exact) mass is 512 g/mol. The van der Waals surface area contributed by atoms with Crippen LogP contribution in [0.5, 0.6) is 0 Å². The van der Waals surface area contributed by atoms with Gasteiger partial charge in [0.1, 0.15) is 6.54 Å². The summed E-state index contributed by atoms with van der Waals surface area (Å²) in [6.07, 6.45) is -4.58. The number of hydrogen-bond acceptors (Lipinski definition) is 3. The third kappa shape index (κ3) is 5.25. The highest BCUT2D eigenvalue weighted by Gasteiger charge is 2.38. The predicted octanol–water partition coefficient (Wildman–Crippen LogP) is 4.62. The highest BCUT2D eigenvalue weighted by atomic mass is 79.9. The number of carbonyl (C=O) groups excluding carboxylic acids is 1. The van der Waals surface area contributed by atoms with Crippen molar-refractivity contribution >= 4 is 45.0 Å². The number of rotatable bonds is 4. The van der Waals surface area contributed by atoms with E-state index in [1.165, 1.54) is 6.92 Å². The lowest BCUT2D eigenvalue weighted by Gasteiger charge is -2.34. The van der Waals surface area contributed by atoms with Crippen LogP contribution in [0.3, 0.4) is 0 Å². The van der Waals surface area contributed by atoms with Crippen LogP contribution < -0.4 is 0 Å². The molecule has 11 heteroatoms. The Kier molecular flexibility index (Phi) is 6.82. The third-order valence-corrected chi connectivity index (χ3v) is 6.49. The van der Waals surface area contributed by atoms with Crippen molar-refractivity contribution in [3.05, 3.63) is 49.7 Å². The van der Waals surface area contributed by atoms with Crippen LogP contribution in [0.25, 0.3) is 0 Å². The van der Waals surface area contributed by atoms with Crippen LogP contribution in [-0.4, -0.2) is 51.7 Å². The minimum absolute atomic E-state index is 0.135. The summed E-state index contributed by atoms with van der Waals surface area (Å²) in [5.74, 6) is -0.258. The zero-order valence-electron chi connectivity index (χ0n) is 15.4. The van der Waals surface area contributed by atoms with E-state index in [4.69, 9.17) is 23.2 Å². The lowest BCUT2D eigenvalue weighted by molar-refractivity contribution is -0.142. The second-order valence-corrected chi connectivity index (χ2v) is 8.42. The molecule has 158 valence electrons. The molecule has 1 aliphatic rings. The second-order valence-electron chi connectivity index (χ2n) is 6.81. The fourth-order valence-electron chi connectivity index (χ4n) is 3.14. The summed E-state index contributed by atoms with van der Waals surface area (Å²) in [5.41, 5.74) is 0.272. The number of aromatic nitrogens is 2. The molecule has 29 heavy (non-hydrogen) atoms. The standard InChI is InChI=1S/C18H18BrCl2F3N4O/c1-11-16(19)17(18(22,23)24)25-28(11)10-15(29)27-6-4-26(5-7-27)9-12-2-3-13(20)14(21)8-12/h2-3,8H,4-7,9-10H2,1H3. The lowest BCUT2D eigenvalue weighted by Crippen LogP contribution is -2.49. The third-order valence-electron chi connectivity index (χ3n) is 4.80. The van der Waals surface area contributed by atoms with Gasteiger partial charge in [0.05, 0.1) is 20.2 Å². The molecule has 0 radical (unpaired) electrons. The molecule has 1 fully saturated rings. The molecule has 0 spiro atoms. The Morgan fingerprint density at radius 2 is 1.83 bits per heavy atom. The quantitative estimate of drug-likeness (QED) is 0.598. The van der Waals surface area contributed by atoms with Crippen LogP contribution >= 0.6 is 39.1 Å². The van der Waals surface area contributed by atoms with Crippen molar-refractivity contribution in [1.82, 2.24) is 19.6 Å². The first kappa shape index (κ1) is 22.4. The SMILES string of the molecule is Cc1c(Br)c(C(F)(F)F)nn1CC(=O)N1CCN(Cc2ccc(Cl)c(Cl)c2)CC1. The molecule has 5 nitrogen and oxygen atoms in total. The maximum atomic E-state index is 13.0. The highest BCUT2D eigenvalue weighted by Crippen LogP contribution is 2.35. The van der Waals surface area contributed by atoms with E-state index in [1.54, 1.807) is 11.0 Å². The van der Waals surface area contributed by atoms with Crippen molar-refractivity contribution in [3.8, 4) is 0 Å². The molecule has 0 N–H and O–H groups in total. The molecule has 0 saturated carbocycles. The summed E-state index contributed by atoms with van der Waals surface area (Å²) in [7, 11) is 0. The van der Waals surface area contributed by atoms with Gasteiger partial charge in [0.25, 0.3) is 0 Å². The number of hydrogen-bond donors (Lipinski definition) is 0. The van der Waals surface area contributed by atoms with Crippen molar-refractivity contribution in [2.24, 2.45) is 0 Å². The highest BCUT2D eigenvalue weighted by molar-refractivity contribution is 9.10. The fraction of sp³-hybridized carbons (Fsp3) is 0.444. The van der Waals surface area contributed by atoms with Gasteiger partial charge >= 0.3 is 6.18 Å². The number of alkyl halides is 3. The Bertz CT molecular complexity index is 911. The summed E-state index contributed by atoms with van der Waals surface area (Å²) in [4.78, 5) is 16.4. The molecule has 0 aliphatic carbocycles. The Labute approximate surface area is 184 Å². The van der Waals surface area contributed by atoms with E-state index in [1.807, 2.05) is 12.1 Å². The van der Waals surface area contributed by atoms with E-state index in [-0.39, 0.29) is 22.6 Å². The van der Waals surface area contributed by atoms with Crippen molar-refractivity contribution in [3.63, 3.8) is 0 Å². The molecular weight excluding hydrogens is 496 g/mol. The van der Waals surface area contributed by atoms with Crippen molar-refractivity contribution in [2.75, 3.05) is 26.2 Å². The molecule has 0 unspecified atom stereocenters. The molecule has 1 saturated heterocycles. The summed E-state index contributed by atoms with van der Waals surface area (Å²) >= 11 is 14.9. The van der Waals surface area contributed by atoms with Crippen molar-refractivity contribution in [1.29, 1.82) is 0 Å². The molecular formula is C18H18BrCl2F3N4O. The van der Waals surface area contributed by atoms with Gasteiger partial charge < -0.3 is 4.90 Å². The summed E-state index contributed by atoms with van der Waals surface area (Å²) in [6, 6.07) is 5.47. The average molecular weight is 514 g/mol. The Balaban J connectivity index is 1.57. The summed E-state index contributed by atoms with van der Waals surface area (Å²) < 4.78 is 39.9. The summed E-state index contributed by atoms with van der Waals surface area (Å²) in [5, 5.41) is 4.56. The van der Waals surface area contributed by atoms with Gasteiger partial charge in [-0.15, -0.1) is 0 Å². The molecule has 1 amide bonds. The smallest absolute Gasteiger partial charge is 0.339 e. The molecule has 0 atom stereocenters. The molecule has 1 aromatic heterocycles. The first-order chi connectivity index (χ1) is 13.6. The van der Waals surface area contributed by atoms with Crippen LogP contribution in [0.15, 0.2) is 22.7 Å². The van der Waals surface area contributed by atoms with E-state index in [0.717, 1.165) is 10.2 Å². The topological polar surface area (TPSA) is 41.4 Å². The van der Waals surface area contributed by atoms with Gasteiger partial charge in [0.15, 0.2) is 5.69 Å². The molecule has 2 heterocycles. The van der Waals surface area contributed by atoms with Crippen molar-refractivity contribution < 1.29 is 18.0 Å². The number of nitrogens with zero attached hydrogens (tertiary/aromatic N) is 4. The fourth-order valence-corrected chi connectivity index (χ4v) is 3.97. The predicted molar refractivity (Wildman–Crippen MR) is 108 cm³/mol. The van der Waals surface area contributed by atoms with Gasteiger partial charge in [-0.05, 0) is 40.5 Å². The van der Waals surface area contributed by atoms with E-state index in [2.05, 4.69) is 25.9 Å². The second kappa shape index (κ2) is 8.83. The molecule has 3 rings (SSSR count). The largest absolute Gasteiger partial charge is 0.436 e. The van der Waals surface area contributed by atoms with E-state index < -0.39 is 11.9 Å². The Morgan fingerprint density at radius 3 is 2.38 bits per heavy atom. The first-order valence-corrected chi connectivity index (χ1v) is 10.4. The number of piperazine rings is 1. The Hall–Kier alpha value is -1.29. The zero-order chi connectivity index (χ0) is 21.3. The molecule has 1 aliphatic heterocycles. The normalized spacial score (nSPS) is 15.8. The van der Waals surface area contributed by atoms with E-state index in [9.17, 15) is 18.0 Å². The van der Waals surface area contributed by atoms with E-state index >= 15 is 0 Å². The maximum Gasteiger partial charge on any atom is 0.436 e. The zero-order valence-corrected chi connectivity index (χ0v) is 18.5. The van der Waals surface area contributed by atoms with Gasteiger partial charge in [-0.2, -0.15) is 18.3 Å². The minimum atomic E-state index is -4.58. The van der Waals surface area contributed by atoms with Crippen molar-refractivity contribution in [2.45, 2.75) is 26.2 Å². The maximum absolute atomic E-state index is 13.0. The van der Waals surface area contributed by atoms with Gasteiger partial charge in [-0.25, -0.2) is 0 Å². The van der Waals surface area contributed by atoms with E-state index in [0.29, 0.717) is 42.8 Å².